The predicted molar refractivity (Wildman–Crippen MR) is 152 cm³/mol. The van der Waals surface area contributed by atoms with Crippen LogP contribution in [0.5, 0.6) is 11.5 Å². The van der Waals surface area contributed by atoms with Gasteiger partial charge in [0.15, 0.2) is 16.7 Å². The zero-order valence-corrected chi connectivity index (χ0v) is 23.3. The third-order valence-electron chi connectivity index (χ3n) is 5.34. The summed E-state index contributed by atoms with van der Waals surface area (Å²) in [6, 6.07) is 18.2. The monoisotopic (exact) mass is 588 g/mol. The molecule has 3 aromatic carbocycles. The SMILES string of the molecule is C=CCN1C(=O)/C(=C/c2ccc(OC)c(OCc3ccccc3Cl)c2)S/C1=N/S(=O)(=O)c1ccc(Cl)cc1. The second-order valence-electron chi connectivity index (χ2n) is 7.91. The highest BCUT2D eigenvalue weighted by atomic mass is 35.5. The van der Waals surface area contributed by atoms with Gasteiger partial charge in [0.2, 0.25) is 0 Å². The number of carbonyl (C=O) groups excluding carboxylic acids is 1. The van der Waals surface area contributed by atoms with E-state index in [1.165, 1.54) is 42.4 Å². The maximum absolute atomic E-state index is 13.2. The molecule has 38 heavy (non-hydrogen) atoms. The lowest BCUT2D eigenvalue weighted by Crippen LogP contribution is -2.29. The number of halogens is 2. The summed E-state index contributed by atoms with van der Waals surface area (Å²) in [5, 5.41) is 1.01. The van der Waals surface area contributed by atoms with Gasteiger partial charge in [-0.3, -0.25) is 9.69 Å². The van der Waals surface area contributed by atoms with Crippen LogP contribution in [0.15, 0.2) is 93.6 Å². The average molecular weight is 590 g/mol. The fourth-order valence-corrected chi connectivity index (χ4v) is 5.95. The quantitative estimate of drug-likeness (QED) is 0.211. The van der Waals surface area contributed by atoms with Crippen LogP contribution < -0.4 is 9.47 Å². The molecule has 1 fully saturated rings. The Labute approximate surface area is 235 Å². The normalized spacial score (nSPS) is 15.8. The van der Waals surface area contributed by atoms with E-state index in [4.69, 9.17) is 32.7 Å². The number of sulfonamides is 1. The van der Waals surface area contributed by atoms with Crippen molar-refractivity contribution in [2.75, 3.05) is 13.7 Å². The molecule has 0 spiro atoms. The van der Waals surface area contributed by atoms with Crippen molar-refractivity contribution in [1.29, 1.82) is 0 Å². The molecule has 0 saturated carbocycles. The molecule has 0 aromatic heterocycles. The Balaban J connectivity index is 1.63. The highest BCUT2D eigenvalue weighted by molar-refractivity contribution is 8.19. The molecular weight excluding hydrogens is 567 g/mol. The van der Waals surface area contributed by atoms with Crippen LogP contribution in [0, 0.1) is 0 Å². The third kappa shape index (κ3) is 6.42. The van der Waals surface area contributed by atoms with Crippen molar-refractivity contribution in [3.63, 3.8) is 0 Å². The van der Waals surface area contributed by atoms with Crippen molar-refractivity contribution in [3.05, 3.63) is 105 Å². The largest absolute Gasteiger partial charge is 0.493 e. The molecule has 0 atom stereocenters. The first-order valence-corrected chi connectivity index (χ1v) is 14.2. The molecule has 1 aliphatic rings. The van der Waals surface area contributed by atoms with Gasteiger partial charge in [-0.1, -0.05) is 53.5 Å². The molecule has 196 valence electrons. The zero-order chi connectivity index (χ0) is 27.3. The minimum absolute atomic E-state index is 0.0276. The highest BCUT2D eigenvalue weighted by Crippen LogP contribution is 2.36. The molecule has 1 saturated heterocycles. The lowest BCUT2D eigenvalue weighted by molar-refractivity contribution is -0.121. The molecule has 7 nitrogen and oxygen atoms in total. The summed E-state index contributed by atoms with van der Waals surface area (Å²) >= 11 is 13.1. The van der Waals surface area contributed by atoms with Crippen LogP contribution in [0.2, 0.25) is 10.0 Å². The number of rotatable bonds is 9. The van der Waals surface area contributed by atoms with Gasteiger partial charge in [0.25, 0.3) is 15.9 Å². The molecule has 1 heterocycles. The van der Waals surface area contributed by atoms with Crippen LogP contribution in [-0.2, 0) is 21.4 Å². The van der Waals surface area contributed by atoms with Crippen LogP contribution in [-0.4, -0.2) is 38.0 Å². The Morgan fingerprint density at radius 2 is 1.79 bits per heavy atom. The van der Waals surface area contributed by atoms with Crippen molar-refractivity contribution >= 4 is 62.1 Å². The number of nitrogens with zero attached hydrogens (tertiary/aromatic N) is 2. The molecule has 3 aromatic rings. The first-order valence-electron chi connectivity index (χ1n) is 11.2. The molecular formula is C27H22Cl2N2O5S2. The van der Waals surface area contributed by atoms with Crippen LogP contribution in [0.1, 0.15) is 11.1 Å². The number of amides is 1. The predicted octanol–water partition coefficient (Wildman–Crippen LogP) is 6.43. The zero-order valence-electron chi connectivity index (χ0n) is 20.1. The Kier molecular flexibility index (Phi) is 8.83. The maximum Gasteiger partial charge on any atom is 0.284 e. The fourth-order valence-electron chi connectivity index (χ4n) is 3.45. The number of methoxy groups -OCH3 is 1. The van der Waals surface area contributed by atoms with Crippen molar-refractivity contribution in [1.82, 2.24) is 4.90 Å². The van der Waals surface area contributed by atoms with Gasteiger partial charge in [-0.25, -0.2) is 0 Å². The van der Waals surface area contributed by atoms with Gasteiger partial charge in [-0.2, -0.15) is 8.42 Å². The molecule has 0 unspecified atom stereocenters. The van der Waals surface area contributed by atoms with E-state index in [1.807, 2.05) is 18.2 Å². The second-order valence-corrected chi connectivity index (χ2v) is 11.4. The van der Waals surface area contributed by atoms with E-state index < -0.39 is 15.9 Å². The van der Waals surface area contributed by atoms with Gasteiger partial charge in [0, 0.05) is 22.2 Å². The van der Waals surface area contributed by atoms with Gasteiger partial charge in [-0.15, -0.1) is 11.0 Å². The van der Waals surface area contributed by atoms with Gasteiger partial charge in [0.1, 0.15) is 6.61 Å². The second kappa shape index (κ2) is 12.1. The molecule has 0 bridgehead atoms. The standard InChI is InChI=1S/C27H22Cl2N2O5S2/c1-3-14-31-26(32)25(37-27(31)30-38(33,34)21-11-9-20(28)10-12-21)16-18-8-13-23(35-2)24(15-18)36-17-19-6-4-5-7-22(19)29/h3-13,15-16H,1,14,17H2,2H3/b25-16-,30-27+. The Morgan fingerprint density at radius 3 is 2.47 bits per heavy atom. The summed E-state index contributed by atoms with van der Waals surface area (Å²) in [5.74, 6) is 0.572. The molecule has 0 radical (unpaired) electrons. The molecule has 4 rings (SSSR count). The van der Waals surface area contributed by atoms with Crippen LogP contribution in [0.3, 0.4) is 0 Å². The topological polar surface area (TPSA) is 85.3 Å². The van der Waals surface area contributed by atoms with Crippen LogP contribution >= 0.6 is 35.0 Å². The van der Waals surface area contributed by atoms with Crippen molar-refractivity contribution in [2.24, 2.45) is 4.40 Å². The minimum Gasteiger partial charge on any atom is -0.493 e. The molecule has 1 amide bonds. The molecule has 11 heteroatoms. The average Bonchev–Trinajstić information content (AvgIpc) is 3.17. The fraction of sp³-hybridized carbons (Fsp3) is 0.111. The van der Waals surface area contributed by atoms with Gasteiger partial charge >= 0.3 is 0 Å². The third-order valence-corrected chi connectivity index (χ3v) is 8.36. The van der Waals surface area contributed by atoms with E-state index in [0.717, 1.165) is 17.3 Å². The van der Waals surface area contributed by atoms with E-state index in [2.05, 4.69) is 11.0 Å². The van der Waals surface area contributed by atoms with Crippen molar-refractivity contribution in [3.8, 4) is 11.5 Å². The smallest absolute Gasteiger partial charge is 0.284 e. The Bertz CT molecular complexity index is 1540. The van der Waals surface area contributed by atoms with E-state index >= 15 is 0 Å². The number of hydrogen-bond acceptors (Lipinski definition) is 6. The highest BCUT2D eigenvalue weighted by Gasteiger charge is 2.34. The maximum atomic E-state index is 13.2. The van der Waals surface area contributed by atoms with Crippen molar-refractivity contribution < 1.29 is 22.7 Å². The number of thioether (sulfide) groups is 1. The summed E-state index contributed by atoms with van der Waals surface area (Å²) in [5.41, 5.74) is 1.46. The van der Waals surface area contributed by atoms with E-state index in [9.17, 15) is 13.2 Å². The number of benzene rings is 3. The number of carbonyl (C=O) groups is 1. The first kappa shape index (κ1) is 27.8. The Hall–Kier alpha value is -3.24. The van der Waals surface area contributed by atoms with Crippen molar-refractivity contribution in [2.45, 2.75) is 11.5 Å². The summed E-state index contributed by atoms with van der Waals surface area (Å²) in [7, 11) is -2.55. The summed E-state index contributed by atoms with van der Waals surface area (Å²) in [6.45, 7) is 3.98. The first-order chi connectivity index (χ1) is 18.2. The lowest BCUT2D eigenvalue weighted by Gasteiger charge is -2.13. The van der Waals surface area contributed by atoms with Crippen LogP contribution in [0.4, 0.5) is 0 Å². The summed E-state index contributed by atoms with van der Waals surface area (Å²) in [4.78, 5) is 14.7. The molecule has 1 aliphatic heterocycles. The van der Waals surface area contributed by atoms with E-state index in [1.54, 1.807) is 30.3 Å². The van der Waals surface area contributed by atoms with Gasteiger partial charge in [-0.05, 0) is 65.9 Å². The number of ether oxygens (including phenoxy) is 2. The van der Waals surface area contributed by atoms with Gasteiger partial charge < -0.3 is 9.47 Å². The summed E-state index contributed by atoms with van der Waals surface area (Å²) < 4.78 is 41.1. The number of hydrogen-bond donors (Lipinski definition) is 0. The minimum atomic E-state index is -4.08. The Morgan fingerprint density at radius 1 is 1.05 bits per heavy atom. The number of amidine groups is 1. The van der Waals surface area contributed by atoms with Gasteiger partial charge in [0.05, 0.1) is 16.9 Å². The lowest BCUT2D eigenvalue weighted by atomic mass is 10.1. The summed E-state index contributed by atoms with van der Waals surface area (Å²) in [6.07, 6.45) is 3.14. The van der Waals surface area contributed by atoms with E-state index in [0.29, 0.717) is 32.0 Å². The van der Waals surface area contributed by atoms with Crippen LogP contribution in [0.25, 0.3) is 6.08 Å². The van der Waals surface area contributed by atoms with E-state index in [-0.39, 0.29) is 23.2 Å². The molecule has 0 N–H and O–H groups in total. The molecule has 0 aliphatic carbocycles.